The van der Waals surface area contributed by atoms with Gasteiger partial charge in [-0.3, -0.25) is 0 Å². The van der Waals surface area contributed by atoms with Gasteiger partial charge >= 0.3 is 0 Å². The molecule has 1 fully saturated rings. The second-order valence-corrected chi connectivity index (χ2v) is 4.41. The lowest BCUT2D eigenvalue weighted by Crippen LogP contribution is -2.20. The van der Waals surface area contributed by atoms with E-state index in [4.69, 9.17) is 0 Å². The summed E-state index contributed by atoms with van der Waals surface area (Å²) in [5.74, 6) is 1.99. The van der Waals surface area contributed by atoms with Crippen LogP contribution in [0.15, 0.2) is 12.4 Å². The Morgan fingerprint density at radius 1 is 1.33 bits per heavy atom. The highest BCUT2D eigenvalue weighted by molar-refractivity contribution is 5.49. The number of rotatable bonds is 4. The number of anilines is 2. The average Bonchev–Trinajstić information content (AvgIpc) is 2.95. The van der Waals surface area contributed by atoms with Gasteiger partial charge in [0.15, 0.2) is 0 Å². The summed E-state index contributed by atoms with van der Waals surface area (Å²) in [5.41, 5.74) is 4.50. The Morgan fingerprint density at radius 2 is 2.00 bits per heavy atom. The van der Waals surface area contributed by atoms with Crippen LogP contribution < -0.4 is 16.0 Å². The molecule has 0 amide bonds. The van der Waals surface area contributed by atoms with E-state index in [1.165, 1.54) is 19.9 Å². The molecule has 0 saturated carbocycles. The van der Waals surface area contributed by atoms with Gasteiger partial charge in [0.05, 0.1) is 0 Å². The third-order valence-electron chi connectivity index (χ3n) is 3.09. The molecule has 1 aromatic heterocycles. The molecule has 5 heteroatoms. The topological polar surface area (TPSA) is 67.1 Å². The van der Waals surface area contributed by atoms with Gasteiger partial charge in [0.25, 0.3) is 0 Å². The molecule has 0 radical (unpaired) electrons. The molecule has 1 atom stereocenters. The summed E-state index contributed by atoms with van der Waals surface area (Å²) < 4.78 is 0. The number of nitrogens with zero attached hydrogens (tertiary/aromatic N) is 3. The summed E-state index contributed by atoms with van der Waals surface area (Å²) in [6.07, 6.45) is 5.30. The number of aromatic nitrogens is 2. The van der Waals surface area contributed by atoms with Gasteiger partial charge < -0.3 is 16.0 Å². The Labute approximate surface area is 110 Å². The van der Waals surface area contributed by atoms with Crippen LogP contribution in [-0.4, -0.2) is 36.1 Å². The van der Waals surface area contributed by atoms with Crippen molar-refractivity contribution in [3.8, 4) is 0 Å². The zero-order valence-corrected chi connectivity index (χ0v) is 11.7. The molecule has 1 saturated heterocycles. The van der Waals surface area contributed by atoms with Crippen molar-refractivity contribution in [3.63, 3.8) is 0 Å². The van der Waals surface area contributed by atoms with Crippen molar-refractivity contribution in [1.29, 1.82) is 0 Å². The van der Waals surface area contributed by atoms with Crippen molar-refractivity contribution in [2.45, 2.75) is 39.2 Å². The fraction of sp³-hybridized carbons (Fsp3) is 0.692. The van der Waals surface area contributed by atoms with Crippen LogP contribution in [0.1, 0.15) is 33.1 Å². The molecule has 5 nitrogen and oxygen atoms in total. The maximum atomic E-state index is 4.50. The number of hydrogen-bond donors (Lipinski definition) is 2. The Morgan fingerprint density at radius 3 is 2.61 bits per heavy atom. The third-order valence-corrected chi connectivity index (χ3v) is 3.09. The lowest BCUT2D eigenvalue weighted by atomic mass is 10.2. The first kappa shape index (κ1) is 14.7. The maximum absolute atomic E-state index is 4.50. The molecule has 18 heavy (non-hydrogen) atoms. The second kappa shape index (κ2) is 7.87. The monoisotopic (exact) mass is 251 g/mol. The molecule has 0 aliphatic carbocycles. The van der Waals surface area contributed by atoms with Gasteiger partial charge in [-0.1, -0.05) is 6.92 Å². The molecular weight excluding hydrogens is 226 g/mol. The normalized spacial score (nSPS) is 15.9. The lowest BCUT2D eigenvalue weighted by Gasteiger charge is -2.18. The van der Waals surface area contributed by atoms with E-state index in [1.807, 2.05) is 0 Å². The van der Waals surface area contributed by atoms with E-state index in [0.717, 1.165) is 31.1 Å². The van der Waals surface area contributed by atoms with Crippen molar-refractivity contribution < 1.29 is 0 Å². The molecule has 1 unspecified atom stereocenters. The van der Waals surface area contributed by atoms with E-state index in [2.05, 4.69) is 45.8 Å². The van der Waals surface area contributed by atoms with Crippen molar-refractivity contribution in [3.05, 3.63) is 12.4 Å². The third kappa shape index (κ3) is 4.14. The Bertz CT molecular complexity index is 336. The van der Waals surface area contributed by atoms with E-state index in [0.29, 0.717) is 6.04 Å². The summed E-state index contributed by atoms with van der Waals surface area (Å²) in [6, 6.07) is 2.51. The first-order valence-electron chi connectivity index (χ1n) is 6.71. The maximum Gasteiger partial charge on any atom is 0.134 e. The molecule has 1 aliphatic rings. The summed E-state index contributed by atoms with van der Waals surface area (Å²) >= 11 is 0. The first-order chi connectivity index (χ1) is 8.79. The minimum absolute atomic E-state index is 0.460. The summed E-state index contributed by atoms with van der Waals surface area (Å²) in [7, 11) is 1.50. The SMILES string of the molecule is CCC(C)Nc1cc(N2CCCC2)ncn1.CN. The largest absolute Gasteiger partial charge is 0.367 e. The van der Waals surface area contributed by atoms with E-state index >= 15 is 0 Å². The van der Waals surface area contributed by atoms with Gasteiger partial charge in [0, 0.05) is 25.2 Å². The second-order valence-electron chi connectivity index (χ2n) is 4.41. The van der Waals surface area contributed by atoms with Crippen molar-refractivity contribution >= 4 is 11.6 Å². The molecule has 2 rings (SSSR count). The summed E-state index contributed by atoms with van der Waals surface area (Å²) in [6.45, 7) is 6.58. The molecule has 2 heterocycles. The fourth-order valence-electron chi connectivity index (χ4n) is 1.90. The van der Waals surface area contributed by atoms with Crippen LogP contribution >= 0.6 is 0 Å². The van der Waals surface area contributed by atoms with Crippen LogP contribution in [0, 0.1) is 0 Å². The minimum Gasteiger partial charge on any atom is -0.367 e. The quantitative estimate of drug-likeness (QED) is 0.855. The highest BCUT2D eigenvalue weighted by Gasteiger charge is 2.14. The summed E-state index contributed by atoms with van der Waals surface area (Å²) in [4.78, 5) is 10.9. The smallest absolute Gasteiger partial charge is 0.134 e. The number of hydrogen-bond acceptors (Lipinski definition) is 5. The van der Waals surface area contributed by atoms with E-state index in [-0.39, 0.29) is 0 Å². The summed E-state index contributed by atoms with van der Waals surface area (Å²) in [5, 5.41) is 3.38. The highest BCUT2D eigenvalue weighted by Crippen LogP contribution is 2.19. The van der Waals surface area contributed by atoms with Crippen LogP contribution in [-0.2, 0) is 0 Å². The lowest BCUT2D eigenvalue weighted by molar-refractivity contribution is 0.758. The Balaban J connectivity index is 0.000000771. The molecular formula is C13H25N5. The Kier molecular flexibility index (Phi) is 6.43. The molecule has 1 aliphatic heterocycles. The standard InChI is InChI=1S/C12H20N4.CH5N/c1-3-10(2)15-11-8-12(14-9-13-11)16-6-4-5-7-16;1-2/h8-10H,3-7H2,1-2H3,(H,13,14,15);2H2,1H3. The molecule has 0 aromatic carbocycles. The number of nitrogens with two attached hydrogens (primary N) is 1. The average molecular weight is 251 g/mol. The predicted molar refractivity (Wildman–Crippen MR) is 77.0 cm³/mol. The van der Waals surface area contributed by atoms with Crippen LogP contribution in [0.2, 0.25) is 0 Å². The van der Waals surface area contributed by atoms with Crippen LogP contribution in [0.5, 0.6) is 0 Å². The predicted octanol–water partition coefficient (Wildman–Crippen LogP) is 1.86. The molecule has 0 bridgehead atoms. The van der Waals surface area contributed by atoms with Gasteiger partial charge in [-0.2, -0.15) is 0 Å². The Hall–Kier alpha value is -1.36. The zero-order chi connectivity index (χ0) is 13.4. The van der Waals surface area contributed by atoms with Gasteiger partial charge in [-0.25, -0.2) is 9.97 Å². The highest BCUT2D eigenvalue weighted by atomic mass is 15.2. The van der Waals surface area contributed by atoms with Crippen molar-refractivity contribution in [2.24, 2.45) is 5.73 Å². The van der Waals surface area contributed by atoms with Crippen molar-refractivity contribution in [2.75, 3.05) is 30.4 Å². The minimum atomic E-state index is 0.460. The molecule has 3 N–H and O–H groups in total. The van der Waals surface area contributed by atoms with Gasteiger partial charge in [-0.15, -0.1) is 0 Å². The van der Waals surface area contributed by atoms with Crippen molar-refractivity contribution in [1.82, 2.24) is 9.97 Å². The molecule has 102 valence electrons. The van der Waals surface area contributed by atoms with E-state index in [1.54, 1.807) is 6.33 Å². The zero-order valence-electron chi connectivity index (χ0n) is 11.7. The van der Waals surface area contributed by atoms with Gasteiger partial charge in [0.1, 0.15) is 18.0 Å². The van der Waals surface area contributed by atoms with Crippen LogP contribution in [0.4, 0.5) is 11.6 Å². The van der Waals surface area contributed by atoms with Crippen LogP contribution in [0.25, 0.3) is 0 Å². The first-order valence-corrected chi connectivity index (χ1v) is 6.71. The number of nitrogens with one attached hydrogen (secondary N) is 1. The van der Waals surface area contributed by atoms with Crippen LogP contribution in [0.3, 0.4) is 0 Å². The van der Waals surface area contributed by atoms with Gasteiger partial charge in [-0.05, 0) is 33.2 Å². The molecule has 0 spiro atoms. The molecule has 1 aromatic rings. The van der Waals surface area contributed by atoms with Gasteiger partial charge in [0.2, 0.25) is 0 Å². The fourth-order valence-corrected chi connectivity index (χ4v) is 1.90. The van der Waals surface area contributed by atoms with E-state index < -0.39 is 0 Å². The van der Waals surface area contributed by atoms with E-state index in [9.17, 15) is 0 Å².